The zero-order chi connectivity index (χ0) is 14.0. The Bertz CT molecular complexity index is 479. The molecule has 0 spiro atoms. The lowest BCUT2D eigenvalue weighted by atomic mass is 9.86. The Morgan fingerprint density at radius 3 is 2.63 bits per heavy atom. The van der Waals surface area contributed by atoms with Crippen LogP contribution in [0.3, 0.4) is 0 Å². The molecule has 1 aromatic rings. The molecule has 0 aliphatic heterocycles. The van der Waals surface area contributed by atoms with E-state index in [-0.39, 0.29) is 23.9 Å². The lowest BCUT2D eigenvalue weighted by Gasteiger charge is -2.41. The highest BCUT2D eigenvalue weighted by molar-refractivity contribution is 5.48. The molecule has 0 aromatic heterocycles. The van der Waals surface area contributed by atoms with Crippen molar-refractivity contribution in [1.29, 1.82) is 0 Å². The van der Waals surface area contributed by atoms with Gasteiger partial charge < -0.3 is 19.9 Å². The number of non-ortho nitro benzene ring substituents is 1. The standard InChI is InChI=1S/C12H16N2O5/c1-17-9-4-3-7(14(15)16)5-10(9)19-11-6-8(13)12(11)18-2/h3-5,8,11-12H,6,13H2,1-2H3. The molecule has 104 valence electrons. The third-order valence-corrected chi connectivity index (χ3v) is 3.20. The maximum Gasteiger partial charge on any atom is 0.273 e. The highest BCUT2D eigenvalue weighted by atomic mass is 16.6. The molecule has 7 nitrogen and oxygen atoms in total. The van der Waals surface area contributed by atoms with Gasteiger partial charge in [-0.1, -0.05) is 0 Å². The Labute approximate surface area is 110 Å². The molecule has 0 amide bonds. The Kier molecular flexibility index (Phi) is 3.87. The van der Waals surface area contributed by atoms with Gasteiger partial charge in [-0.05, 0) is 6.07 Å². The van der Waals surface area contributed by atoms with Crippen molar-refractivity contribution in [1.82, 2.24) is 0 Å². The number of benzene rings is 1. The molecule has 19 heavy (non-hydrogen) atoms. The van der Waals surface area contributed by atoms with Crippen LogP contribution in [0, 0.1) is 10.1 Å². The van der Waals surface area contributed by atoms with Crippen LogP contribution in [0.4, 0.5) is 5.69 Å². The number of nitro groups is 1. The zero-order valence-corrected chi connectivity index (χ0v) is 10.7. The Balaban J connectivity index is 2.18. The first-order valence-corrected chi connectivity index (χ1v) is 5.84. The fourth-order valence-corrected chi connectivity index (χ4v) is 2.09. The lowest BCUT2D eigenvalue weighted by Crippen LogP contribution is -2.59. The molecule has 3 atom stereocenters. The summed E-state index contributed by atoms with van der Waals surface area (Å²) in [6.45, 7) is 0. The van der Waals surface area contributed by atoms with Gasteiger partial charge in [-0.25, -0.2) is 0 Å². The molecule has 2 rings (SSSR count). The van der Waals surface area contributed by atoms with E-state index in [2.05, 4.69) is 0 Å². The average Bonchev–Trinajstić information content (AvgIpc) is 2.38. The number of hydrogen-bond acceptors (Lipinski definition) is 6. The second-order valence-electron chi connectivity index (χ2n) is 4.35. The summed E-state index contributed by atoms with van der Waals surface area (Å²) in [6, 6.07) is 4.15. The van der Waals surface area contributed by atoms with E-state index in [1.165, 1.54) is 25.3 Å². The first-order chi connectivity index (χ1) is 9.06. The van der Waals surface area contributed by atoms with Crippen LogP contribution >= 0.6 is 0 Å². The van der Waals surface area contributed by atoms with Crippen LogP contribution in [-0.2, 0) is 4.74 Å². The van der Waals surface area contributed by atoms with Gasteiger partial charge in [0, 0.05) is 25.6 Å². The highest BCUT2D eigenvalue weighted by Gasteiger charge is 2.41. The van der Waals surface area contributed by atoms with Crippen molar-refractivity contribution in [2.24, 2.45) is 5.73 Å². The van der Waals surface area contributed by atoms with Crippen LogP contribution in [0.25, 0.3) is 0 Å². The van der Waals surface area contributed by atoms with Crippen molar-refractivity contribution in [2.75, 3.05) is 14.2 Å². The van der Waals surface area contributed by atoms with E-state index in [0.717, 1.165) is 0 Å². The third kappa shape index (κ3) is 2.61. The molecule has 3 unspecified atom stereocenters. The molecule has 0 bridgehead atoms. The lowest BCUT2D eigenvalue weighted by molar-refractivity contribution is -0.385. The van der Waals surface area contributed by atoms with Gasteiger partial charge in [0.25, 0.3) is 5.69 Å². The van der Waals surface area contributed by atoms with Crippen molar-refractivity contribution < 1.29 is 19.1 Å². The van der Waals surface area contributed by atoms with Gasteiger partial charge in [0.05, 0.1) is 18.1 Å². The summed E-state index contributed by atoms with van der Waals surface area (Å²) in [5, 5.41) is 10.8. The van der Waals surface area contributed by atoms with Crippen LogP contribution in [0.15, 0.2) is 18.2 Å². The van der Waals surface area contributed by atoms with E-state index in [1.807, 2.05) is 0 Å². The predicted octanol–water partition coefficient (Wildman–Crippen LogP) is 1.10. The van der Waals surface area contributed by atoms with Gasteiger partial charge >= 0.3 is 0 Å². The second kappa shape index (κ2) is 5.41. The van der Waals surface area contributed by atoms with E-state index >= 15 is 0 Å². The van der Waals surface area contributed by atoms with Crippen molar-refractivity contribution >= 4 is 5.69 Å². The average molecular weight is 268 g/mol. The summed E-state index contributed by atoms with van der Waals surface area (Å²) in [6.07, 6.45) is 0.226. The van der Waals surface area contributed by atoms with Crippen LogP contribution in [-0.4, -0.2) is 37.4 Å². The van der Waals surface area contributed by atoms with E-state index in [9.17, 15) is 10.1 Å². The summed E-state index contributed by atoms with van der Waals surface area (Å²) in [7, 11) is 3.04. The van der Waals surface area contributed by atoms with Gasteiger partial charge in [-0.15, -0.1) is 0 Å². The quantitative estimate of drug-likeness (QED) is 0.634. The summed E-state index contributed by atoms with van der Waals surface area (Å²) in [5.74, 6) is 0.775. The minimum atomic E-state index is -0.480. The Hall–Kier alpha value is -1.86. The SMILES string of the molecule is COc1ccc([N+](=O)[O-])cc1OC1CC(N)C1OC. The molecule has 1 aliphatic rings. The van der Waals surface area contributed by atoms with Gasteiger partial charge in [-0.3, -0.25) is 10.1 Å². The minimum absolute atomic E-state index is 0.0478. The molecule has 0 heterocycles. The number of rotatable bonds is 5. The molecule has 7 heteroatoms. The van der Waals surface area contributed by atoms with Crippen LogP contribution in [0.1, 0.15) is 6.42 Å². The first-order valence-electron chi connectivity index (χ1n) is 5.84. The van der Waals surface area contributed by atoms with Crippen molar-refractivity contribution in [2.45, 2.75) is 24.7 Å². The minimum Gasteiger partial charge on any atom is -0.493 e. The van der Waals surface area contributed by atoms with Crippen LogP contribution in [0.2, 0.25) is 0 Å². The number of ether oxygens (including phenoxy) is 3. The van der Waals surface area contributed by atoms with E-state index < -0.39 is 4.92 Å². The molecule has 2 N–H and O–H groups in total. The molecule has 1 aliphatic carbocycles. The largest absolute Gasteiger partial charge is 0.493 e. The number of methoxy groups -OCH3 is 2. The predicted molar refractivity (Wildman–Crippen MR) is 67.5 cm³/mol. The topological polar surface area (TPSA) is 96.9 Å². The Morgan fingerprint density at radius 2 is 2.11 bits per heavy atom. The van der Waals surface area contributed by atoms with Crippen LogP contribution in [0.5, 0.6) is 11.5 Å². The van der Waals surface area contributed by atoms with Crippen molar-refractivity contribution in [3.8, 4) is 11.5 Å². The number of nitrogens with zero attached hydrogens (tertiary/aromatic N) is 1. The number of nitro benzene ring substituents is 1. The Morgan fingerprint density at radius 1 is 1.37 bits per heavy atom. The summed E-state index contributed by atoms with van der Waals surface area (Å²) in [4.78, 5) is 10.3. The van der Waals surface area contributed by atoms with Gasteiger partial charge in [0.1, 0.15) is 12.2 Å². The normalized spacial score (nSPS) is 25.5. The zero-order valence-electron chi connectivity index (χ0n) is 10.7. The van der Waals surface area contributed by atoms with Crippen molar-refractivity contribution in [3.63, 3.8) is 0 Å². The maximum absolute atomic E-state index is 10.8. The fraction of sp³-hybridized carbons (Fsp3) is 0.500. The highest BCUT2D eigenvalue weighted by Crippen LogP contribution is 2.35. The molecular formula is C12H16N2O5. The molecule has 1 fully saturated rings. The smallest absolute Gasteiger partial charge is 0.273 e. The van der Waals surface area contributed by atoms with E-state index in [1.54, 1.807) is 7.11 Å². The van der Waals surface area contributed by atoms with Gasteiger partial charge in [0.15, 0.2) is 11.5 Å². The molecule has 0 saturated heterocycles. The fourth-order valence-electron chi connectivity index (χ4n) is 2.09. The monoisotopic (exact) mass is 268 g/mol. The van der Waals surface area contributed by atoms with Crippen molar-refractivity contribution in [3.05, 3.63) is 28.3 Å². The molecule has 0 radical (unpaired) electrons. The molecular weight excluding hydrogens is 252 g/mol. The number of nitrogens with two attached hydrogens (primary N) is 1. The third-order valence-electron chi connectivity index (χ3n) is 3.20. The summed E-state index contributed by atoms with van der Waals surface area (Å²) < 4.78 is 16.0. The molecule has 1 aromatic carbocycles. The summed E-state index contributed by atoms with van der Waals surface area (Å²) >= 11 is 0. The summed E-state index contributed by atoms with van der Waals surface area (Å²) in [5.41, 5.74) is 5.73. The second-order valence-corrected chi connectivity index (χ2v) is 4.35. The first kappa shape index (κ1) is 13.6. The number of hydrogen-bond donors (Lipinski definition) is 1. The van der Waals surface area contributed by atoms with Crippen LogP contribution < -0.4 is 15.2 Å². The van der Waals surface area contributed by atoms with E-state index in [4.69, 9.17) is 19.9 Å². The maximum atomic E-state index is 10.8. The molecule has 1 saturated carbocycles. The van der Waals surface area contributed by atoms with Gasteiger partial charge in [-0.2, -0.15) is 0 Å². The van der Waals surface area contributed by atoms with Gasteiger partial charge in [0.2, 0.25) is 0 Å². The van der Waals surface area contributed by atoms with E-state index in [0.29, 0.717) is 17.9 Å².